The van der Waals surface area contributed by atoms with Crippen molar-refractivity contribution in [1.29, 1.82) is 0 Å². The van der Waals surface area contributed by atoms with Crippen LogP contribution in [0.4, 0.5) is 0 Å². The van der Waals surface area contributed by atoms with Crippen molar-refractivity contribution in [2.75, 3.05) is 13.1 Å². The first-order valence-electron chi connectivity index (χ1n) is 7.49. The number of aliphatic carboxylic acids is 1. The van der Waals surface area contributed by atoms with Gasteiger partial charge in [-0.15, -0.1) is 0 Å². The largest absolute Gasteiger partial charge is 0.480 e. The Morgan fingerprint density at radius 3 is 2.26 bits per heavy atom. The molecule has 0 radical (unpaired) electrons. The Labute approximate surface area is 116 Å². The van der Waals surface area contributed by atoms with Gasteiger partial charge in [-0.3, -0.25) is 9.69 Å². The van der Waals surface area contributed by atoms with Crippen LogP contribution in [0.3, 0.4) is 0 Å². The van der Waals surface area contributed by atoms with Crippen LogP contribution >= 0.6 is 0 Å². The first kappa shape index (κ1) is 14.8. The number of likely N-dealkylation sites (tertiary alicyclic amines) is 1. The molecule has 1 unspecified atom stereocenters. The third-order valence-electron chi connectivity index (χ3n) is 5.19. The topological polar surface area (TPSA) is 66.6 Å². The third kappa shape index (κ3) is 3.11. The van der Waals surface area contributed by atoms with Crippen molar-refractivity contribution in [3.05, 3.63) is 0 Å². The van der Waals surface area contributed by atoms with Crippen LogP contribution < -0.4 is 5.73 Å². The number of hydrogen-bond acceptors (Lipinski definition) is 3. The van der Waals surface area contributed by atoms with E-state index in [1.165, 1.54) is 25.7 Å². The minimum Gasteiger partial charge on any atom is -0.480 e. The molecule has 1 saturated heterocycles. The van der Waals surface area contributed by atoms with E-state index in [4.69, 9.17) is 5.73 Å². The predicted molar refractivity (Wildman–Crippen MR) is 75.9 cm³/mol. The molecule has 0 aromatic rings. The summed E-state index contributed by atoms with van der Waals surface area (Å²) in [5.41, 5.74) is 5.34. The summed E-state index contributed by atoms with van der Waals surface area (Å²) in [6, 6.07) is 0.545. The Hall–Kier alpha value is -0.610. The van der Waals surface area contributed by atoms with E-state index >= 15 is 0 Å². The lowest BCUT2D eigenvalue weighted by Gasteiger charge is -2.40. The van der Waals surface area contributed by atoms with Gasteiger partial charge in [-0.1, -0.05) is 20.8 Å². The maximum atomic E-state index is 11.2. The molecule has 4 heteroatoms. The van der Waals surface area contributed by atoms with Gasteiger partial charge in [-0.2, -0.15) is 0 Å². The van der Waals surface area contributed by atoms with Gasteiger partial charge >= 0.3 is 5.97 Å². The first-order valence-corrected chi connectivity index (χ1v) is 7.49. The molecule has 0 aromatic carbocycles. The highest BCUT2D eigenvalue weighted by Gasteiger charge is 2.44. The van der Waals surface area contributed by atoms with Crippen molar-refractivity contribution in [3.8, 4) is 0 Å². The molecule has 2 rings (SSSR count). The molecule has 1 heterocycles. The molecule has 0 spiro atoms. The summed E-state index contributed by atoms with van der Waals surface area (Å²) in [6.45, 7) is 8.33. The van der Waals surface area contributed by atoms with Crippen LogP contribution in [0.2, 0.25) is 0 Å². The molecular formula is C15H28N2O2. The molecule has 0 amide bonds. The fourth-order valence-electron chi connectivity index (χ4n) is 3.66. The Morgan fingerprint density at radius 2 is 1.84 bits per heavy atom. The summed E-state index contributed by atoms with van der Waals surface area (Å²) in [6.07, 6.45) is 5.49. The van der Waals surface area contributed by atoms with Crippen LogP contribution in [-0.4, -0.2) is 40.6 Å². The number of carboxylic acids is 1. The normalized spacial score (nSPS) is 37.5. The lowest BCUT2D eigenvalue weighted by molar-refractivity contribution is -0.142. The fraction of sp³-hybridized carbons (Fsp3) is 0.933. The highest BCUT2D eigenvalue weighted by Crippen LogP contribution is 2.40. The van der Waals surface area contributed by atoms with Gasteiger partial charge < -0.3 is 10.8 Å². The quantitative estimate of drug-likeness (QED) is 0.804. The molecule has 1 aliphatic heterocycles. The minimum atomic E-state index is -1.01. The summed E-state index contributed by atoms with van der Waals surface area (Å²) in [5, 5.41) is 9.19. The standard InChI is InChI=1S/C15H28N2O2/c1-14(2,3)11-4-6-12(7-5-11)17-9-8-15(16,10-17)13(18)19/h11-12H,4-10,16H2,1-3H3,(H,18,19). The molecule has 3 N–H and O–H groups in total. The summed E-state index contributed by atoms with van der Waals surface area (Å²) < 4.78 is 0. The SMILES string of the molecule is CC(C)(C)C1CCC(N2CCC(N)(C(=O)O)C2)CC1. The molecule has 0 bridgehead atoms. The molecule has 19 heavy (non-hydrogen) atoms. The monoisotopic (exact) mass is 268 g/mol. The summed E-state index contributed by atoms with van der Waals surface area (Å²) in [7, 11) is 0. The van der Waals surface area contributed by atoms with Crippen LogP contribution in [0.15, 0.2) is 0 Å². The molecule has 4 nitrogen and oxygen atoms in total. The zero-order valence-electron chi connectivity index (χ0n) is 12.5. The van der Waals surface area contributed by atoms with Crippen LogP contribution in [0.25, 0.3) is 0 Å². The van der Waals surface area contributed by atoms with Gasteiger partial charge in [-0.05, 0) is 43.4 Å². The van der Waals surface area contributed by atoms with E-state index in [1.54, 1.807) is 0 Å². The first-order chi connectivity index (χ1) is 8.72. The van der Waals surface area contributed by atoms with E-state index in [9.17, 15) is 9.90 Å². The van der Waals surface area contributed by atoms with Gasteiger partial charge in [0, 0.05) is 19.1 Å². The molecular weight excluding hydrogens is 240 g/mol. The second-order valence-corrected chi connectivity index (χ2v) is 7.55. The molecule has 1 aliphatic carbocycles. The van der Waals surface area contributed by atoms with Crippen molar-refractivity contribution in [2.45, 2.75) is 64.5 Å². The van der Waals surface area contributed by atoms with E-state index in [0.717, 1.165) is 12.5 Å². The predicted octanol–water partition coefficient (Wildman–Crippen LogP) is 2.08. The lowest BCUT2D eigenvalue weighted by Crippen LogP contribution is -2.51. The Kier molecular flexibility index (Phi) is 3.94. The average Bonchev–Trinajstić information content (AvgIpc) is 2.72. The number of hydrogen-bond donors (Lipinski definition) is 2. The van der Waals surface area contributed by atoms with E-state index in [-0.39, 0.29) is 0 Å². The van der Waals surface area contributed by atoms with Crippen LogP contribution in [0.5, 0.6) is 0 Å². The minimum absolute atomic E-state index is 0.397. The van der Waals surface area contributed by atoms with Crippen molar-refractivity contribution >= 4 is 5.97 Å². The highest BCUT2D eigenvalue weighted by atomic mass is 16.4. The Bertz CT molecular complexity index is 343. The maximum absolute atomic E-state index is 11.2. The van der Waals surface area contributed by atoms with Gasteiger partial charge in [0.1, 0.15) is 5.54 Å². The number of rotatable bonds is 2. The van der Waals surface area contributed by atoms with Crippen molar-refractivity contribution < 1.29 is 9.90 Å². The Morgan fingerprint density at radius 1 is 1.26 bits per heavy atom. The molecule has 1 atom stereocenters. The molecule has 2 fully saturated rings. The second-order valence-electron chi connectivity index (χ2n) is 7.55. The van der Waals surface area contributed by atoms with E-state index in [0.29, 0.717) is 24.4 Å². The zero-order chi connectivity index (χ0) is 14.3. The third-order valence-corrected chi connectivity index (χ3v) is 5.19. The second kappa shape index (κ2) is 5.06. The fourth-order valence-corrected chi connectivity index (χ4v) is 3.66. The molecule has 2 aliphatic rings. The van der Waals surface area contributed by atoms with E-state index in [1.807, 2.05) is 0 Å². The highest BCUT2D eigenvalue weighted by molar-refractivity contribution is 5.79. The summed E-state index contributed by atoms with van der Waals surface area (Å²) in [4.78, 5) is 13.5. The van der Waals surface area contributed by atoms with Crippen molar-refractivity contribution in [2.24, 2.45) is 17.1 Å². The lowest BCUT2D eigenvalue weighted by atomic mass is 9.71. The summed E-state index contributed by atoms with van der Waals surface area (Å²) in [5.74, 6) is -0.0492. The van der Waals surface area contributed by atoms with E-state index < -0.39 is 11.5 Å². The number of nitrogens with zero attached hydrogens (tertiary/aromatic N) is 1. The molecule has 1 saturated carbocycles. The molecule has 110 valence electrons. The van der Waals surface area contributed by atoms with Gasteiger partial charge in [0.15, 0.2) is 0 Å². The Balaban J connectivity index is 1.88. The van der Waals surface area contributed by atoms with Gasteiger partial charge in [0.2, 0.25) is 0 Å². The number of nitrogens with two attached hydrogens (primary N) is 1. The molecule has 0 aromatic heterocycles. The van der Waals surface area contributed by atoms with Crippen LogP contribution in [-0.2, 0) is 4.79 Å². The average molecular weight is 268 g/mol. The van der Waals surface area contributed by atoms with Crippen molar-refractivity contribution in [1.82, 2.24) is 4.90 Å². The van der Waals surface area contributed by atoms with Gasteiger partial charge in [-0.25, -0.2) is 0 Å². The van der Waals surface area contributed by atoms with Gasteiger partial charge in [0.05, 0.1) is 0 Å². The summed E-state index contributed by atoms with van der Waals surface area (Å²) >= 11 is 0. The smallest absolute Gasteiger partial charge is 0.325 e. The maximum Gasteiger partial charge on any atom is 0.325 e. The van der Waals surface area contributed by atoms with E-state index in [2.05, 4.69) is 25.7 Å². The number of carbonyl (C=O) groups is 1. The van der Waals surface area contributed by atoms with Crippen LogP contribution in [0.1, 0.15) is 52.9 Å². The van der Waals surface area contributed by atoms with Crippen molar-refractivity contribution in [3.63, 3.8) is 0 Å². The zero-order valence-corrected chi connectivity index (χ0v) is 12.5. The number of carboxylic acid groups (broad SMARTS) is 1. The van der Waals surface area contributed by atoms with Gasteiger partial charge in [0.25, 0.3) is 0 Å². The van der Waals surface area contributed by atoms with Crippen LogP contribution in [0, 0.1) is 11.3 Å².